The quantitative estimate of drug-likeness (QED) is 0.479. The molecule has 13 heavy (non-hydrogen) atoms. The number of carbonyl (C=O) groups excluding carboxylic acids is 1. The maximum atomic E-state index is 10.8. The summed E-state index contributed by atoms with van der Waals surface area (Å²) in [4.78, 5) is 13.0. The van der Waals surface area contributed by atoms with Crippen LogP contribution in [0.2, 0.25) is 0 Å². The van der Waals surface area contributed by atoms with E-state index in [2.05, 4.69) is 10.8 Å². The van der Waals surface area contributed by atoms with E-state index in [0.29, 0.717) is 6.42 Å². The molecule has 0 spiro atoms. The molecule has 1 radical (unpaired) electrons. The molecule has 0 aromatic rings. The summed E-state index contributed by atoms with van der Waals surface area (Å²) in [6, 6.07) is 0.0261. The molecule has 2 heteroatoms. The highest BCUT2D eigenvalue weighted by atomic mass is 16.1. The molecule has 1 aliphatic heterocycles. The van der Waals surface area contributed by atoms with Gasteiger partial charge in [0, 0.05) is 6.42 Å². The van der Waals surface area contributed by atoms with Gasteiger partial charge in [-0.25, -0.2) is 0 Å². The minimum absolute atomic E-state index is 0.0261. The fourth-order valence-electron chi connectivity index (χ4n) is 1.81. The topological polar surface area (TPSA) is 20.3 Å². The van der Waals surface area contributed by atoms with Crippen LogP contribution in [0.4, 0.5) is 0 Å². The highest BCUT2D eigenvalue weighted by molar-refractivity contribution is 5.57. The largest absolute Gasteiger partial charge is 0.302 e. The van der Waals surface area contributed by atoms with E-state index in [9.17, 15) is 4.79 Å². The van der Waals surface area contributed by atoms with Gasteiger partial charge in [-0.15, -0.1) is 0 Å². The van der Waals surface area contributed by atoms with E-state index in [1.807, 2.05) is 0 Å². The number of aldehydes is 1. The van der Waals surface area contributed by atoms with Crippen molar-refractivity contribution in [2.75, 3.05) is 13.1 Å². The van der Waals surface area contributed by atoms with Crippen molar-refractivity contribution >= 4 is 6.29 Å². The van der Waals surface area contributed by atoms with Crippen LogP contribution in [-0.2, 0) is 4.79 Å². The zero-order chi connectivity index (χ0) is 9.52. The standard InChI is InChI=1S/C11H16NO/c1-2-3-7-11(10-13)12-8-5-4-6-9-12/h10-11H,3-9H2. The minimum Gasteiger partial charge on any atom is -0.302 e. The first kappa shape index (κ1) is 10.3. The average molecular weight is 178 g/mol. The second-order valence-corrected chi connectivity index (χ2v) is 3.52. The molecule has 0 N–H and O–H groups in total. The van der Waals surface area contributed by atoms with Crippen LogP contribution >= 0.6 is 0 Å². The number of nitrogens with zero attached hydrogens (tertiary/aromatic N) is 1. The Morgan fingerprint density at radius 3 is 2.62 bits per heavy atom. The van der Waals surface area contributed by atoms with Gasteiger partial charge in [0.1, 0.15) is 6.29 Å². The van der Waals surface area contributed by atoms with Crippen LogP contribution in [-0.4, -0.2) is 30.3 Å². The predicted octanol–water partition coefficient (Wildman–Crippen LogP) is 1.41. The maximum absolute atomic E-state index is 10.8. The monoisotopic (exact) mass is 178 g/mol. The molecule has 1 heterocycles. The number of carbonyl (C=O) groups is 1. The van der Waals surface area contributed by atoms with E-state index in [1.54, 1.807) is 0 Å². The van der Waals surface area contributed by atoms with Gasteiger partial charge in [0.15, 0.2) is 0 Å². The summed E-state index contributed by atoms with van der Waals surface area (Å²) in [5, 5.41) is 0. The van der Waals surface area contributed by atoms with Crippen LogP contribution < -0.4 is 0 Å². The van der Waals surface area contributed by atoms with E-state index in [-0.39, 0.29) is 6.04 Å². The number of likely N-dealkylation sites (tertiary alicyclic amines) is 1. The van der Waals surface area contributed by atoms with E-state index >= 15 is 0 Å². The average Bonchev–Trinajstić information content (AvgIpc) is 2.21. The Bertz CT molecular complexity index is 189. The lowest BCUT2D eigenvalue weighted by atomic mass is 10.1. The van der Waals surface area contributed by atoms with Crippen molar-refractivity contribution in [3.8, 4) is 5.92 Å². The van der Waals surface area contributed by atoms with Crippen molar-refractivity contribution in [3.63, 3.8) is 0 Å². The third-order valence-electron chi connectivity index (χ3n) is 2.58. The van der Waals surface area contributed by atoms with Crippen LogP contribution in [0, 0.1) is 12.3 Å². The summed E-state index contributed by atoms with van der Waals surface area (Å²) in [6.07, 6.45) is 12.9. The molecule has 1 fully saturated rings. The Labute approximate surface area is 80.3 Å². The molecule has 71 valence electrons. The van der Waals surface area contributed by atoms with Gasteiger partial charge in [-0.3, -0.25) is 4.90 Å². The molecule has 0 aromatic carbocycles. The minimum atomic E-state index is 0.0261. The van der Waals surface area contributed by atoms with Crippen molar-refractivity contribution in [1.29, 1.82) is 0 Å². The molecule has 1 unspecified atom stereocenters. The van der Waals surface area contributed by atoms with Crippen molar-refractivity contribution < 1.29 is 4.79 Å². The first-order valence-electron chi connectivity index (χ1n) is 4.97. The van der Waals surface area contributed by atoms with E-state index < -0.39 is 0 Å². The van der Waals surface area contributed by atoms with Gasteiger partial charge < -0.3 is 4.79 Å². The van der Waals surface area contributed by atoms with Gasteiger partial charge in [-0.1, -0.05) is 12.3 Å². The van der Waals surface area contributed by atoms with Crippen molar-refractivity contribution in [2.24, 2.45) is 0 Å². The van der Waals surface area contributed by atoms with E-state index in [0.717, 1.165) is 25.8 Å². The number of hydrogen-bond donors (Lipinski definition) is 0. The molecular weight excluding hydrogens is 162 g/mol. The zero-order valence-corrected chi connectivity index (χ0v) is 7.96. The Morgan fingerprint density at radius 1 is 1.38 bits per heavy atom. The summed E-state index contributed by atoms with van der Waals surface area (Å²) < 4.78 is 0. The molecule has 1 atom stereocenters. The Morgan fingerprint density at radius 2 is 2.08 bits per heavy atom. The van der Waals surface area contributed by atoms with Gasteiger partial charge >= 0.3 is 0 Å². The molecule has 1 saturated heterocycles. The van der Waals surface area contributed by atoms with Crippen LogP contribution in [0.25, 0.3) is 0 Å². The molecular formula is C11H16NO. The predicted molar refractivity (Wildman–Crippen MR) is 51.6 cm³/mol. The Kier molecular flexibility index (Phi) is 4.56. The molecule has 0 aliphatic carbocycles. The molecule has 2 nitrogen and oxygen atoms in total. The molecule has 1 rings (SSSR count). The fraction of sp³-hybridized carbons (Fsp3) is 0.727. The van der Waals surface area contributed by atoms with E-state index in [1.165, 1.54) is 19.3 Å². The fourth-order valence-corrected chi connectivity index (χ4v) is 1.81. The second-order valence-electron chi connectivity index (χ2n) is 3.52. The normalized spacial score (nSPS) is 20.5. The van der Waals surface area contributed by atoms with Crippen molar-refractivity contribution in [1.82, 2.24) is 4.90 Å². The zero-order valence-electron chi connectivity index (χ0n) is 7.96. The molecule has 0 bridgehead atoms. The molecule has 0 saturated carbocycles. The van der Waals surface area contributed by atoms with Gasteiger partial charge in [0.25, 0.3) is 0 Å². The molecule has 0 amide bonds. The third-order valence-corrected chi connectivity index (χ3v) is 2.58. The summed E-state index contributed by atoms with van der Waals surface area (Å²) in [5.41, 5.74) is 0. The van der Waals surface area contributed by atoms with Crippen LogP contribution in [0.5, 0.6) is 0 Å². The highest BCUT2D eigenvalue weighted by Gasteiger charge is 2.18. The van der Waals surface area contributed by atoms with Crippen LogP contribution in [0.15, 0.2) is 0 Å². The SMILES string of the molecule is [C]#CCCC(C=O)N1CCCCC1. The van der Waals surface area contributed by atoms with Gasteiger partial charge in [-0.2, -0.15) is 0 Å². The van der Waals surface area contributed by atoms with Crippen molar-refractivity contribution in [2.45, 2.75) is 38.1 Å². The van der Waals surface area contributed by atoms with Gasteiger partial charge in [0.05, 0.1) is 6.04 Å². The molecule has 1 aliphatic rings. The lowest BCUT2D eigenvalue weighted by Gasteiger charge is -2.30. The number of piperidine rings is 1. The maximum Gasteiger partial charge on any atom is 0.137 e. The number of hydrogen-bond acceptors (Lipinski definition) is 2. The van der Waals surface area contributed by atoms with Gasteiger partial charge in [0.2, 0.25) is 0 Å². The molecule has 0 aromatic heterocycles. The number of rotatable bonds is 4. The van der Waals surface area contributed by atoms with Gasteiger partial charge in [-0.05, 0) is 38.8 Å². The van der Waals surface area contributed by atoms with Crippen LogP contribution in [0.3, 0.4) is 0 Å². The van der Waals surface area contributed by atoms with Crippen molar-refractivity contribution in [3.05, 3.63) is 6.42 Å². The first-order chi connectivity index (χ1) is 6.38. The second kappa shape index (κ2) is 5.77. The summed E-state index contributed by atoms with van der Waals surface area (Å²) in [5.74, 6) is 2.34. The first-order valence-corrected chi connectivity index (χ1v) is 4.97. The van der Waals surface area contributed by atoms with Crippen LogP contribution in [0.1, 0.15) is 32.1 Å². The lowest BCUT2D eigenvalue weighted by Crippen LogP contribution is -2.40. The lowest BCUT2D eigenvalue weighted by molar-refractivity contribution is -0.113. The van der Waals surface area contributed by atoms with E-state index in [4.69, 9.17) is 6.42 Å². The Balaban J connectivity index is 2.35. The smallest absolute Gasteiger partial charge is 0.137 e. The third kappa shape index (κ3) is 3.20. The summed E-state index contributed by atoms with van der Waals surface area (Å²) in [7, 11) is 0. The summed E-state index contributed by atoms with van der Waals surface area (Å²) >= 11 is 0. The Hall–Kier alpha value is -0.810. The summed E-state index contributed by atoms with van der Waals surface area (Å²) in [6.45, 7) is 2.09. The highest BCUT2D eigenvalue weighted by Crippen LogP contribution is 2.13.